The summed E-state index contributed by atoms with van der Waals surface area (Å²) in [5.74, 6) is 1.85. The van der Waals surface area contributed by atoms with E-state index in [1.165, 1.54) is 0 Å². The number of hydrogen-bond acceptors (Lipinski definition) is 6. The third-order valence-corrected chi connectivity index (χ3v) is 4.34. The Bertz CT molecular complexity index is 620. The lowest BCUT2D eigenvalue weighted by atomic mass is 10.2. The second kappa shape index (κ2) is 9.10. The van der Waals surface area contributed by atoms with Gasteiger partial charge in [0.15, 0.2) is 0 Å². The topological polar surface area (TPSA) is 64.9 Å². The molecule has 6 nitrogen and oxygen atoms in total. The summed E-state index contributed by atoms with van der Waals surface area (Å²) >= 11 is 7.74. The first-order valence-corrected chi connectivity index (χ1v) is 8.93. The normalized spacial score (nSPS) is 11.2. The van der Waals surface area contributed by atoms with Gasteiger partial charge in [0.25, 0.3) is 0 Å². The Morgan fingerprint density at radius 2 is 2.22 bits per heavy atom. The van der Waals surface area contributed by atoms with Crippen molar-refractivity contribution in [1.29, 1.82) is 0 Å². The molecule has 0 radical (unpaired) electrons. The fraction of sp³-hybridized carbons (Fsp3) is 0.533. The molecular weight excluding hydrogens is 334 g/mol. The number of tetrazole rings is 1. The van der Waals surface area contributed by atoms with Gasteiger partial charge >= 0.3 is 0 Å². The van der Waals surface area contributed by atoms with Crippen molar-refractivity contribution in [2.24, 2.45) is 7.05 Å². The molecule has 0 atom stereocenters. The van der Waals surface area contributed by atoms with Crippen LogP contribution in [0.3, 0.4) is 0 Å². The Morgan fingerprint density at radius 3 is 2.91 bits per heavy atom. The van der Waals surface area contributed by atoms with Gasteiger partial charge in [-0.05, 0) is 55.4 Å². The van der Waals surface area contributed by atoms with Crippen molar-refractivity contribution in [2.75, 3.05) is 12.3 Å². The largest absolute Gasteiger partial charge is 0.491 e. The Kier molecular flexibility index (Phi) is 7.14. The lowest BCUT2D eigenvalue weighted by Gasteiger charge is -2.15. The SMILES string of the molecule is CC(C)Oc1ccc(Cl)cc1CNCCCSc1nnnn1C. The molecule has 0 fully saturated rings. The van der Waals surface area contributed by atoms with Gasteiger partial charge in [-0.3, -0.25) is 0 Å². The minimum atomic E-state index is 0.145. The van der Waals surface area contributed by atoms with E-state index >= 15 is 0 Å². The summed E-state index contributed by atoms with van der Waals surface area (Å²) in [7, 11) is 1.84. The van der Waals surface area contributed by atoms with E-state index in [2.05, 4.69) is 20.8 Å². The van der Waals surface area contributed by atoms with E-state index in [1.807, 2.05) is 39.1 Å². The number of aromatic nitrogens is 4. The minimum Gasteiger partial charge on any atom is -0.491 e. The molecule has 0 spiro atoms. The zero-order valence-electron chi connectivity index (χ0n) is 13.6. The standard InChI is InChI=1S/C15H22ClN5OS/c1-11(2)22-14-6-5-13(16)9-12(14)10-17-7-4-8-23-15-18-19-20-21(15)3/h5-6,9,11,17H,4,7-8,10H2,1-3H3. The van der Waals surface area contributed by atoms with Crippen molar-refractivity contribution in [3.63, 3.8) is 0 Å². The number of benzene rings is 1. The van der Waals surface area contributed by atoms with Crippen LogP contribution in [0.1, 0.15) is 25.8 Å². The summed E-state index contributed by atoms with van der Waals surface area (Å²) in [5, 5.41) is 16.4. The van der Waals surface area contributed by atoms with Crippen molar-refractivity contribution >= 4 is 23.4 Å². The van der Waals surface area contributed by atoms with Crippen LogP contribution in [0.2, 0.25) is 5.02 Å². The second-order valence-electron chi connectivity index (χ2n) is 5.38. The fourth-order valence-electron chi connectivity index (χ4n) is 1.98. The van der Waals surface area contributed by atoms with Gasteiger partial charge in [0.1, 0.15) is 5.75 Å². The number of ether oxygens (including phenoxy) is 1. The van der Waals surface area contributed by atoms with Crippen molar-refractivity contribution in [3.8, 4) is 5.75 Å². The zero-order chi connectivity index (χ0) is 16.7. The lowest BCUT2D eigenvalue weighted by molar-refractivity contribution is 0.239. The van der Waals surface area contributed by atoms with Crippen molar-refractivity contribution in [2.45, 2.75) is 38.1 Å². The molecule has 8 heteroatoms. The number of aryl methyl sites for hydroxylation is 1. The number of nitrogens with one attached hydrogen (secondary N) is 1. The molecule has 23 heavy (non-hydrogen) atoms. The predicted molar refractivity (Wildman–Crippen MR) is 93.1 cm³/mol. The molecule has 1 N–H and O–H groups in total. The van der Waals surface area contributed by atoms with E-state index < -0.39 is 0 Å². The second-order valence-corrected chi connectivity index (χ2v) is 6.88. The van der Waals surface area contributed by atoms with Crippen LogP contribution in [0.15, 0.2) is 23.4 Å². The first kappa shape index (κ1) is 18.0. The molecule has 0 bridgehead atoms. The van der Waals surface area contributed by atoms with Crippen LogP contribution >= 0.6 is 23.4 Å². The van der Waals surface area contributed by atoms with Crippen LogP contribution < -0.4 is 10.1 Å². The number of nitrogens with zero attached hydrogens (tertiary/aromatic N) is 4. The summed E-state index contributed by atoms with van der Waals surface area (Å²) < 4.78 is 7.49. The quantitative estimate of drug-likeness (QED) is 0.551. The van der Waals surface area contributed by atoms with Gasteiger partial charge < -0.3 is 10.1 Å². The molecule has 2 aromatic rings. The highest BCUT2D eigenvalue weighted by molar-refractivity contribution is 7.99. The number of thioether (sulfide) groups is 1. The van der Waals surface area contributed by atoms with Crippen molar-refractivity contribution in [3.05, 3.63) is 28.8 Å². The maximum atomic E-state index is 6.08. The van der Waals surface area contributed by atoms with E-state index in [9.17, 15) is 0 Å². The Balaban J connectivity index is 1.73. The minimum absolute atomic E-state index is 0.145. The summed E-state index contributed by atoms with van der Waals surface area (Å²) in [6.07, 6.45) is 1.17. The van der Waals surface area contributed by atoms with E-state index in [0.29, 0.717) is 0 Å². The van der Waals surface area contributed by atoms with Crippen molar-refractivity contribution in [1.82, 2.24) is 25.5 Å². The van der Waals surface area contributed by atoms with Gasteiger partial charge in [-0.15, -0.1) is 5.10 Å². The maximum absolute atomic E-state index is 6.08. The average molecular weight is 356 g/mol. The molecule has 0 aliphatic carbocycles. The summed E-state index contributed by atoms with van der Waals surface area (Å²) in [5.41, 5.74) is 1.08. The van der Waals surface area contributed by atoms with Gasteiger partial charge in [-0.1, -0.05) is 23.4 Å². The molecular formula is C15H22ClN5OS. The molecule has 2 rings (SSSR count). The predicted octanol–water partition coefficient (Wildman–Crippen LogP) is 2.92. The summed E-state index contributed by atoms with van der Waals surface area (Å²) in [6.45, 7) is 5.68. The monoisotopic (exact) mass is 355 g/mol. The third-order valence-electron chi connectivity index (χ3n) is 3.01. The first-order valence-electron chi connectivity index (χ1n) is 7.57. The molecule has 0 saturated heterocycles. The van der Waals surface area contributed by atoms with Crippen LogP contribution in [0.25, 0.3) is 0 Å². The zero-order valence-corrected chi connectivity index (χ0v) is 15.2. The van der Waals surface area contributed by atoms with Crippen LogP contribution in [0, 0.1) is 0 Å². The van der Waals surface area contributed by atoms with Crippen LogP contribution in [0.5, 0.6) is 5.75 Å². The Hall–Kier alpha value is -1.31. The third kappa shape index (κ3) is 6.01. The number of hydrogen-bond donors (Lipinski definition) is 1. The van der Waals surface area contributed by atoms with Gasteiger partial charge in [-0.2, -0.15) is 0 Å². The highest BCUT2D eigenvalue weighted by Gasteiger charge is 2.07. The first-order chi connectivity index (χ1) is 11.1. The fourth-order valence-corrected chi connectivity index (χ4v) is 2.97. The molecule has 1 aromatic heterocycles. The molecule has 0 aliphatic heterocycles. The van der Waals surface area contributed by atoms with Gasteiger partial charge in [0.05, 0.1) is 6.10 Å². The highest BCUT2D eigenvalue weighted by Crippen LogP contribution is 2.24. The summed E-state index contributed by atoms with van der Waals surface area (Å²) in [4.78, 5) is 0. The van der Waals surface area contributed by atoms with E-state index in [0.717, 1.165) is 46.8 Å². The van der Waals surface area contributed by atoms with Gasteiger partial charge in [0, 0.05) is 29.9 Å². The number of halogens is 1. The van der Waals surface area contributed by atoms with E-state index in [-0.39, 0.29) is 6.10 Å². The number of rotatable bonds is 9. The molecule has 126 valence electrons. The molecule has 0 saturated carbocycles. The Morgan fingerprint density at radius 1 is 1.39 bits per heavy atom. The van der Waals surface area contributed by atoms with Crippen LogP contribution in [0.4, 0.5) is 0 Å². The van der Waals surface area contributed by atoms with Crippen LogP contribution in [-0.4, -0.2) is 38.6 Å². The maximum Gasteiger partial charge on any atom is 0.209 e. The summed E-state index contributed by atoms with van der Waals surface area (Å²) in [6, 6.07) is 5.73. The molecule has 1 aromatic carbocycles. The van der Waals surface area contributed by atoms with E-state index in [4.69, 9.17) is 16.3 Å². The van der Waals surface area contributed by atoms with Crippen LogP contribution in [-0.2, 0) is 13.6 Å². The van der Waals surface area contributed by atoms with Gasteiger partial charge in [-0.25, -0.2) is 4.68 Å². The van der Waals surface area contributed by atoms with E-state index in [1.54, 1.807) is 16.4 Å². The smallest absolute Gasteiger partial charge is 0.209 e. The van der Waals surface area contributed by atoms with Gasteiger partial charge in [0.2, 0.25) is 5.16 Å². The lowest BCUT2D eigenvalue weighted by Crippen LogP contribution is -2.17. The molecule has 0 amide bonds. The Labute approximate surface area is 145 Å². The molecule has 0 aliphatic rings. The molecule has 0 unspecified atom stereocenters. The molecule has 1 heterocycles. The average Bonchev–Trinajstić information content (AvgIpc) is 2.90. The highest BCUT2D eigenvalue weighted by atomic mass is 35.5. The van der Waals surface area contributed by atoms with Crippen molar-refractivity contribution < 1.29 is 4.74 Å².